The van der Waals surface area contributed by atoms with Gasteiger partial charge in [-0.3, -0.25) is 4.79 Å². The number of hydrogen-bond donors (Lipinski definition) is 1. The molecule has 5 heteroatoms. The molecule has 0 aliphatic carbocycles. The van der Waals surface area contributed by atoms with Gasteiger partial charge in [0.05, 0.1) is 13.1 Å². The number of carbonyl (C=O) groups is 1. The average Bonchev–Trinajstić information content (AvgIpc) is 2.22. The van der Waals surface area contributed by atoms with Crippen LogP contribution in [0.1, 0.15) is 24.2 Å². The lowest BCUT2D eigenvalue weighted by Crippen LogP contribution is -2.65. The first kappa shape index (κ1) is 13.7. The zero-order valence-electron chi connectivity index (χ0n) is 10.3. The van der Waals surface area contributed by atoms with E-state index < -0.39 is 5.60 Å². The average molecular weight is 288 g/mol. The number of halogens is 2. The number of carbonyl (C=O) groups excluding carboxylic acids is 1. The standard InChI is InChI=1S/C13H15Cl2NO2/c1-8(2)13(18)6-16(7-13)12(17)9-3-10(14)5-11(15)4-9/h3-5,8,18H,6-7H2,1-2H3. The minimum atomic E-state index is -0.766. The van der Waals surface area contributed by atoms with Crippen LogP contribution < -0.4 is 0 Å². The van der Waals surface area contributed by atoms with E-state index in [4.69, 9.17) is 23.2 Å². The van der Waals surface area contributed by atoms with Crippen LogP contribution in [0.25, 0.3) is 0 Å². The molecule has 3 nitrogen and oxygen atoms in total. The number of amides is 1. The highest BCUT2D eigenvalue weighted by Crippen LogP contribution is 2.30. The van der Waals surface area contributed by atoms with Gasteiger partial charge in [-0.2, -0.15) is 0 Å². The van der Waals surface area contributed by atoms with Gasteiger partial charge in [-0.05, 0) is 24.1 Å². The van der Waals surface area contributed by atoms with Gasteiger partial charge in [0.15, 0.2) is 0 Å². The zero-order valence-corrected chi connectivity index (χ0v) is 11.8. The third-order valence-electron chi connectivity index (χ3n) is 3.40. The molecule has 2 rings (SSSR count). The summed E-state index contributed by atoms with van der Waals surface area (Å²) in [6, 6.07) is 4.76. The molecule has 1 aromatic carbocycles. The molecule has 0 radical (unpaired) electrons. The minimum Gasteiger partial charge on any atom is -0.386 e. The molecule has 0 aromatic heterocycles. The molecule has 1 saturated heterocycles. The second-order valence-corrected chi connectivity index (χ2v) is 5.95. The van der Waals surface area contributed by atoms with Crippen LogP contribution in [-0.2, 0) is 0 Å². The van der Waals surface area contributed by atoms with Crippen LogP contribution in [0.2, 0.25) is 10.0 Å². The summed E-state index contributed by atoms with van der Waals surface area (Å²) in [6.07, 6.45) is 0. The van der Waals surface area contributed by atoms with Crippen LogP contribution in [0.5, 0.6) is 0 Å². The first-order valence-electron chi connectivity index (χ1n) is 5.79. The Morgan fingerprint density at radius 2 is 1.78 bits per heavy atom. The monoisotopic (exact) mass is 287 g/mol. The Bertz CT molecular complexity index is 462. The van der Waals surface area contributed by atoms with Crippen molar-refractivity contribution in [2.24, 2.45) is 5.92 Å². The molecule has 98 valence electrons. The Balaban J connectivity index is 2.10. The van der Waals surface area contributed by atoms with Crippen molar-refractivity contribution >= 4 is 29.1 Å². The van der Waals surface area contributed by atoms with Gasteiger partial charge < -0.3 is 10.0 Å². The minimum absolute atomic E-state index is 0.129. The van der Waals surface area contributed by atoms with Crippen molar-refractivity contribution in [2.75, 3.05) is 13.1 Å². The van der Waals surface area contributed by atoms with Crippen molar-refractivity contribution in [1.29, 1.82) is 0 Å². The van der Waals surface area contributed by atoms with E-state index in [0.29, 0.717) is 28.7 Å². The molecule has 1 aliphatic heterocycles. The molecule has 0 bridgehead atoms. The van der Waals surface area contributed by atoms with Crippen LogP contribution in [0, 0.1) is 5.92 Å². The van der Waals surface area contributed by atoms with Crippen LogP contribution in [0.15, 0.2) is 18.2 Å². The predicted molar refractivity (Wildman–Crippen MR) is 72.2 cm³/mol. The molecule has 18 heavy (non-hydrogen) atoms. The summed E-state index contributed by atoms with van der Waals surface area (Å²) in [5.41, 5.74) is -0.309. The second-order valence-electron chi connectivity index (χ2n) is 5.08. The smallest absolute Gasteiger partial charge is 0.254 e. The Labute approximate surface area is 116 Å². The molecule has 0 unspecified atom stereocenters. The van der Waals surface area contributed by atoms with Crippen LogP contribution in [0.3, 0.4) is 0 Å². The Morgan fingerprint density at radius 1 is 1.28 bits per heavy atom. The largest absolute Gasteiger partial charge is 0.386 e. The predicted octanol–water partition coefficient (Wildman–Crippen LogP) is 2.84. The molecule has 1 aromatic rings. The first-order chi connectivity index (χ1) is 8.32. The number of hydrogen-bond acceptors (Lipinski definition) is 2. The molecule has 1 amide bonds. The third-order valence-corrected chi connectivity index (χ3v) is 3.84. The Morgan fingerprint density at radius 3 is 2.22 bits per heavy atom. The van der Waals surface area contributed by atoms with E-state index in [0.717, 1.165) is 0 Å². The maximum Gasteiger partial charge on any atom is 0.254 e. The highest BCUT2D eigenvalue weighted by molar-refractivity contribution is 6.35. The second kappa shape index (κ2) is 4.72. The Hall–Kier alpha value is -0.770. The lowest BCUT2D eigenvalue weighted by Gasteiger charge is -2.49. The van der Waals surface area contributed by atoms with E-state index in [2.05, 4.69) is 0 Å². The summed E-state index contributed by atoms with van der Waals surface area (Å²) in [6.45, 7) is 4.59. The van der Waals surface area contributed by atoms with Crippen molar-refractivity contribution < 1.29 is 9.90 Å². The van der Waals surface area contributed by atoms with Gasteiger partial charge in [0.25, 0.3) is 5.91 Å². The number of benzene rings is 1. The molecule has 0 spiro atoms. The fourth-order valence-corrected chi connectivity index (χ4v) is 2.51. The van der Waals surface area contributed by atoms with Crippen molar-refractivity contribution in [3.63, 3.8) is 0 Å². The van der Waals surface area contributed by atoms with Gasteiger partial charge in [-0.15, -0.1) is 0 Å². The van der Waals surface area contributed by atoms with E-state index in [1.54, 1.807) is 23.1 Å². The number of β-amino-alcohol motifs (C(OH)–C–C–N with tert-alkyl or cyclic N) is 1. The van der Waals surface area contributed by atoms with Gasteiger partial charge >= 0.3 is 0 Å². The van der Waals surface area contributed by atoms with Gasteiger partial charge in [0.1, 0.15) is 5.60 Å². The van der Waals surface area contributed by atoms with E-state index in [1.807, 2.05) is 13.8 Å². The fraction of sp³-hybridized carbons (Fsp3) is 0.462. The van der Waals surface area contributed by atoms with Crippen LogP contribution in [0.4, 0.5) is 0 Å². The fourth-order valence-electron chi connectivity index (χ4n) is 1.98. The van der Waals surface area contributed by atoms with Crippen molar-refractivity contribution in [1.82, 2.24) is 4.90 Å². The summed E-state index contributed by atoms with van der Waals surface area (Å²) in [4.78, 5) is 13.7. The summed E-state index contributed by atoms with van der Waals surface area (Å²) in [5, 5.41) is 11.0. The van der Waals surface area contributed by atoms with Gasteiger partial charge in [0, 0.05) is 15.6 Å². The van der Waals surface area contributed by atoms with Gasteiger partial charge in [0.2, 0.25) is 0 Å². The molecule has 1 aliphatic rings. The highest BCUT2D eigenvalue weighted by Gasteiger charge is 2.45. The van der Waals surface area contributed by atoms with Crippen molar-refractivity contribution in [2.45, 2.75) is 19.4 Å². The van der Waals surface area contributed by atoms with E-state index in [1.165, 1.54) is 0 Å². The molecule has 1 fully saturated rings. The Kier molecular flexibility index (Phi) is 3.58. The quantitative estimate of drug-likeness (QED) is 0.909. The van der Waals surface area contributed by atoms with Crippen molar-refractivity contribution in [3.05, 3.63) is 33.8 Å². The highest BCUT2D eigenvalue weighted by atomic mass is 35.5. The molecule has 0 atom stereocenters. The summed E-state index contributed by atoms with van der Waals surface area (Å²) in [5.74, 6) is -0.0192. The maximum absolute atomic E-state index is 12.1. The summed E-state index contributed by atoms with van der Waals surface area (Å²) in [7, 11) is 0. The number of likely N-dealkylation sites (tertiary alicyclic amines) is 1. The van der Waals surface area contributed by atoms with E-state index >= 15 is 0 Å². The molecule has 1 N–H and O–H groups in total. The van der Waals surface area contributed by atoms with Crippen LogP contribution >= 0.6 is 23.2 Å². The summed E-state index contributed by atoms with van der Waals surface area (Å²) >= 11 is 11.7. The van der Waals surface area contributed by atoms with Gasteiger partial charge in [-0.1, -0.05) is 37.0 Å². The molecule has 0 saturated carbocycles. The summed E-state index contributed by atoms with van der Waals surface area (Å²) < 4.78 is 0. The number of rotatable bonds is 2. The SMILES string of the molecule is CC(C)C1(O)CN(C(=O)c2cc(Cl)cc(Cl)c2)C1. The van der Waals surface area contributed by atoms with E-state index in [-0.39, 0.29) is 11.8 Å². The third kappa shape index (κ3) is 2.48. The number of aliphatic hydroxyl groups is 1. The van der Waals surface area contributed by atoms with Crippen LogP contribution in [-0.4, -0.2) is 34.6 Å². The molecular formula is C13H15Cl2NO2. The lowest BCUT2D eigenvalue weighted by atomic mass is 9.82. The topological polar surface area (TPSA) is 40.5 Å². The maximum atomic E-state index is 12.1. The lowest BCUT2D eigenvalue weighted by molar-refractivity contribution is -0.110. The van der Waals surface area contributed by atoms with Gasteiger partial charge in [-0.25, -0.2) is 0 Å². The number of nitrogens with zero attached hydrogens (tertiary/aromatic N) is 1. The molecule has 1 heterocycles. The van der Waals surface area contributed by atoms with E-state index in [9.17, 15) is 9.90 Å². The first-order valence-corrected chi connectivity index (χ1v) is 6.55. The van der Waals surface area contributed by atoms with Crippen molar-refractivity contribution in [3.8, 4) is 0 Å². The normalized spacial score (nSPS) is 17.8. The zero-order chi connectivity index (χ0) is 13.5. The molecular weight excluding hydrogens is 273 g/mol.